The third-order valence-electron chi connectivity index (χ3n) is 3.63. The zero-order chi connectivity index (χ0) is 11.5. The predicted octanol–water partition coefficient (Wildman–Crippen LogP) is 2.18. The Hall–Kier alpha value is -0.860. The molecule has 0 saturated carbocycles. The second-order valence-electron chi connectivity index (χ2n) is 4.96. The Balaban J connectivity index is 2.11. The summed E-state index contributed by atoms with van der Waals surface area (Å²) in [5, 5.41) is 3.47. The summed E-state index contributed by atoms with van der Waals surface area (Å²) in [6, 6.07) is 9.96. The van der Waals surface area contributed by atoms with Crippen molar-refractivity contribution in [2.45, 2.75) is 39.4 Å². The van der Waals surface area contributed by atoms with Gasteiger partial charge in [-0.25, -0.2) is 0 Å². The Bertz CT molecular complexity index is 338. The zero-order valence-corrected chi connectivity index (χ0v) is 10.5. The van der Waals surface area contributed by atoms with Gasteiger partial charge in [-0.1, -0.05) is 24.3 Å². The van der Waals surface area contributed by atoms with Gasteiger partial charge in [0.05, 0.1) is 0 Å². The van der Waals surface area contributed by atoms with Gasteiger partial charge in [0.25, 0.3) is 0 Å². The normalized spacial score (nSPS) is 26.9. The summed E-state index contributed by atoms with van der Waals surface area (Å²) in [5.74, 6) is 0. The first kappa shape index (κ1) is 11.6. The van der Waals surface area contributed by atoms with Crippen molar-refractivity contribution in [2.75, 3.05) is 13.1 Å². The zero-order valence-electron chi connectivity index (χ0n) is 10.5. The molecule has 0 aliphatic carbocycles. The lowest BCUT2D eigenvalue weighted by Gasteiger charge is -2.39. The molecule has 1 aromatic carbocycles. The second kappa shape index (κ2) is 4.98. The molecule has 2 atom stereocenters. The van der Waals surface area contributed by atoms with E-state index in [-0.39, 0.29) is 0 Å². The fourth-order valence-corrected chi connectivity index (χ4v) is 2.47. The van der Waals surface area contributed by atoms with Gasteiger partial charge in [0.2, 0.25) is 0 Å². The van der Waals surface area contributed by atoms with Crippen LogP contribution in [0.5, 0.6) is 0 Å². The maximum Gasteiger partial charge on any atom is 0.0243 e. The van der Waals surface area contributed by atoms with E-state index in [4.69, 9.17) is 0 Å². The van der Waals surface area contributed by atoms with E-state index in [9.17, 15) is 0 Å². The molecule has 1 aliphatic rings. The second-order valence-corrected chi connectivity index (χ2v) is 4.96. The lowest BCUT2D eigenvalue weighted by Crippen LogP contribution is -2.54. The van der Waals surface area contributed by atoms with E-state index in [0.29, 0.717) is 12.1 Å². The highest BCUT2D eigenvalue weighted by molar-refractivity contribution is 5.25. The molecule has 2 rings (SSSR count). The number of rotatable bonds is 2. The first-order valence-electron chi connectivity index (χ1n) is 6.19. The van der Waals surface area contributed by atoms with Gasteiger partial charge in [-0.3, -0.25) is 4.90 Å². The molecule has 1 aromatic rings. The van der Waals surface area contributed by atoms with Crippen molar-refractivity contribution in [2.24, 2.45) is 0 Å². The summed E-state index contributed by atoms with van der Waals surface area (Å²) >= 11 is 0. The number of hydrogen-bond donors (Lipinski definition) is 1. The van der Waals surface area contributed by atoms with Crippen LogP contribution in [0.25, 0.3) is 0 Å². The summed E-state index contributed by atoms with van der Waals surface area (Å²) in [7, 11) is 0. The van der Waals surface area contributed by atoms with Gasteiger partial charge in [-0.2, -0.15) is 0 Å². The molecule has 1 saturated heterocycles. The van der Waals surface area contributed by atoms with Gasteiger partial charge >= 0.3 is 0 Å². The Kier molecular flexibility index (Phi) is 3.62. The van der Waals surface area contributed by atoms with Crippen LogP contribution in [-0.4, -0.2) is 30.1 Å². The molecule has 88 valence electrons. The Morgan fingerprint density at radius 3 is 2.44 bits per heavy atom. The van der Waals surface area contributed by atoms with Crippen molar-refractivity contribution in [3.63, 3.8) is 0 Å². The quantitative estimate of drug-likeness (QED) is 0.818. The molecule has 16 heavy (non-hydrogen) atoms. The van der Waals surface area contributed by atoms with Gasteiger partial charge in [-0.05, 0) is 31.9 Å². The summed E-state index contributed by atoms with van der Waals surface area (Å²) < 4.78 is 0. The van der Waals surface area contributed by atoms with Gasteiger partial charge in [0.15, 0.2) is 0 Å². The monoisotopic (exact) mass is 218 g/mol. The van der Waals surface area contributed by atoms with Crippen LogP contribution in [0.1, 0.15) is 25.0 Å². The largest absolute Gasteiger partial charge is 0.314 e. The van der Waals surface area contributed by atoms with Gasteiger partial charge in [0, 0.05) is 31.7 Å². The van der Waals surface area contributed by atoms with Gasteiger partial charge in [-0.15, -0.1) is 0 Å². The Labute approximate surface area is 98.7 Å². The molecule has 1 fully saturated rings. The van der Waals surface area contributed by atoms with E-state index in [2.05, 4.69) is 55.3 Å². The molecule has 0 amide bonds. The third-order valence-corrected chi connectivity index (χ3v) is 3.63. The van der Waals surface area contributed by atoms with Crippen LogP contribution in [-0.2, 0) is 6.54 Å². The van der Waals surface area contributed by atoms with Crippen LogP contribution >= 0.6 is 0 Å². The highest BCUT2D eigenvalue weighted by Gasteiger charge is 2.24. The summed E-state index contributed by atoms with van der Waals surface area (Å²) in [6.07, 6.45) is 0. The molecule has 0 radical (unpaired) electrons. The van der Waals surface area contributed by atoms with Crippen molar-refractivity contribution in [1.29, 1.82) is 0 Å². The molecule has 1 aliphatic heterocycles. The summed E-state index contributed by atoms with van der Waals surface area (Å²) in [6.45, 7) is 10.1. The highest BCUT2D eigenvalue weighted by Crippen LogP contribution is 2.16. The van der Waals surface area contributed by atoms with E-state index in [0.717, 1.165) is 19.6 Å². The number of benzene rings is 1. The molecule has 2 unspecified atom stereocenters. The first-order chi connectivity index (χ1) is 7.68. The topological polar surface area (TPSA) is 15.3 Å². The Morgan fingerprint density at radius 1 is 1.19 bits per heavy atom. The van der Waals surface area contributed by atoms with Crippen LogP contribution in [0.15, 0.2) is 24.3 Å². The fourth-order valence-electron chi connectivity index (χ4n) is 2.47. The molecule has 1 N–H and O–H groups in total. The summed E-state index contributed by atoms with van der Waals surface area (Å²) in [4.78, 5) is 2.60. The lowest BCUT2D eigenvalue weighted by molar-refractivity contribution is 0.108. The lowest BCUT2D eigenvalue weighted by atomic mass is 10.0. The van der Waals surface area contributed by atoms with E-state index in [1.807, 2.05) is 0 Å². The SMILES string of the molecule is Cc1ccccc1CN1C(C)CNCC1C. The maximum absolute atomic E-state index is 3.47. The standard InChI is InChI=1S/C14H22N2/c1-11-6-4-5-7-14(11)10-16-12(2)8-15-9-13(16)3/h4-7,12-13,15H,8-10H2,1-3H3. The average molecular weight is 218 g/mol. The van der Waals surface area contributed by atoms with Crippen LogP contribution in [0.3, 0.4) is 0 Å². The molecular formula is C14H22N2. The number of aryl methyl sites for hydroxylation is 1. The van der Waals surface area contributed by atoms with Crippen molar-refractivity contribution < 1.29 is 0 Å². The summed E-state index contributed by atoms with van der Waals surface area (Å²) in [5.41, 5.74) is 2.86. The molecule has 0 bridgehead atoms. The Morgan fingerprint density at radius 2 is 1.81 bits per heavy atom. The fraction of sp³-hybridized carbons (Fsp3) is 0.571. The first-order valence-corrected chi connectivity index (χ1v) is 6.19. The van der Waals surface area contributed by atoms with E-state index in [1.165, 1.54) is 11.1 Å². The number of nitrogens with one attached hydrogen (secondary N) is 1. The van der Waals surface area contributed by atoms with E-state index >= 15 is 0 Å². The highest BCUT2D eigenvalue weighted by atomic mass is 15.2. The number of piperazine rings is 1. The predicted molar refractivity (Wildman–Crippen MR) is 68.5 cm³/mol. The van der Waals surface area contributed by atoms with Crippen LogP contribution in [0, 0.1) is 6.92 Å². The average Bonchev–Trinajstić information content (AvgIpc) is 2.26. The van der Waals surface area contributed by atoms with Crippen molar-refractivity contribution >= 4 is 0 Å². The van der Waals surface area contributed by atoms with Crippen LogP contribution in [0.2, 0.25) is 0 Å². The van der Waals surface area contributed by atoms with Gasteiger partial charge in [0.1, 0.15) is 0 Å². The van der Waals surface area contributed by atoms with Crippen molar-refractivity contribution in [3.8, 4) is 0 Å². The molecule has 0 aromatic heterocycles. The van der Waals surface area contributed by atoms with Gasteiger partial charge < -0.3 is 5.32 Å². The molecular weight excluding hydrogens is 196 g/mol. The minimum Gasteiger partial charge on any atom is -0.314 e. The van der Waals surface area contributed by atoms with E-state index in [1.54, 1.807) is 0 Å². The number of hydrogen-bond acceptors (Lipinski definition) is 2. The van der Waals surface area contributed by atoms with Crippen molar-refractivity contribution in [3.05, 3.63) is 35.4 Å². The molecule has 2 nitrogen and oxygen atoms in total. The minimum atomic E-state index is 0.628. The smallest absolute Gasteiger partial charge is 0.0243 e. The van der Waals surface area contributed by atoms with E-state index < -0.39 is 0 Å². The maximum atomic E-state index is 3.47. The van der Waals surface area contributed by atoms with Crippen LogP contribution in [0.4, 0.5) is 0 Å². The number of nitrogens with zero attached hydrogens (tertiary/aromatic N) is 1. The molecule has 0 spiro atoms. The third kappa shape index (κ3) is 2.45. The molecule has 2 heteroatoms. The van der Waals surface area contributed by atoms with Crippen molar-refractivity contribution in [1.82, 2.24) is 10.2 Å². The minimum absolute atomic E-state index is 0.628. The molecule has 1 heterocycles. The van der Waals surface area contributed by atoms with Crippen LogP contribution < -0.4 is 5.32 Å².